The molecular formula is C28H20ClN5O2S. The summed E-state index contributed by atoms with van der Waals surface area (Å²) in [6, 6.07) is 20.0. The SMILES string of the molecule is C[C@H](Nc1ncnc2[nH]ccc(=O)c12)c1c(Cl)c2cccc(-c3cccs3)c2c(=O)n1-c1ccccc1. The first-order valence-electron chi connectivity index (χ1n) is 11.6. The lowest BCUT2D eigenvalue weighted by Crippen LogP contribution is -2.27. The molecule has 0 spiro atoms. The highest BCUT2D eigenvalue weighted by atomic mass is 35.5. The Balaban J connectivity index is 1.62. The van der Waals surface area contributed by atoms with Crippen LogP contribution in [0, 0.1) is 0 Å². The highest BCUT2D eigenvalue weighted by molar-refractivity contribution is 7.13. The van der Waals surface area contributed by atoms with E-state index in [1.165, 1.54) is 12.4 Å². The van der Waals surface area contributed by atoms with Crippen LogP contribution in [0.4, 0.5) is 5.82 Å². The first-order chi connectivity index (χ1) is 18.0. The van der Waals surface area contributed by atoms with Gasteiger partial charge in [-0.05, 0) is 30.5 Å². The van der Waals surface area contributed by atoms with E-state index in [-0.39, 0.29) is 11.0 Å². The number of anilines is 1. The van der Waals surface area contributed by atoms with Crippen LogP contribution in [-0.4, -0.2) is 19.5 Å². The molecule has 1 atom stereocenters. The number of nitrogens with one attached hydrogen (secondary N) is 2. The third-order valence-electron chi connectivity index (χ3n) is 6.30. The molecule has 0 saturated carbocycles. The van der Waals surface area contributed by atoms with E-state index in [9.17, 15) is 9.59 Å². The van der Waals surface area contributed by atoms with E-state index < -0.39 is 6.04 Å². The standard InChI is InChI=1S/C28H20ClN5O2S/c1-16(33-27-23-20(35)12-13-30-26(23)31-15-32-27)25-24(29)19-10-5-9-18(21-11-6-14-37-21)22(19)28(36)34(25)17-7-3-2-4-8-17/h2-16H,1H3,(H2,30,31,32,33,35)/t16-/m0/s1. The average molecular weight is 526 g/mol. The predicted octanol–water partition coefficient (Wildman–Crippen LogP) is 6.18. The summed E-state index contributed by atoms with van der Waals surface area (Å²) in [6.45, 7) is 1.89. The van der Waals surface area contributed by atoms with Crippen LogP contribution in [0.25, 0.3) is 37.9 Å². The molecule has 7 nitrogen and oxygen atoms in total. The van der Waals surface area contributed by atoms with Crippen LogP contribution < -0.4 is 16.3 Å². The van der Waals surface area contributed by atoms with E-state index in [2.05, 4.69) is 20.3 Å². The van der Waals surface area contributed by atoms with Gasteiger partial charge in [0.1, 0.15) is 23.2 Å². The molecule has 9 heteroatoms. The van der Waals surface area contributed by atoms with Crippen LogP contribution in [0.2, 0.25) is 5.02 Å². The second kappa shape index (κ2) is 9.31. The Morgan fingerprint density at radius 3 is 2.59 bits per heavy atom. The van der Waals surface area contributed by atoms with Crippen LogP contribution in [0.3, 0.4) is 0 Å². The summed E-state index contributed by atoms with van der Waals surface area (Å²) in [5.41, 5.74) is 2.12. The van der Waals surface area contributed by atoms with Crippen molar-refractivity contribution in [3.63, 3.8) is 0 Å². The van der Waals surface area contributed by atoms with Gasteiger partial charge in [-0.25, -0.2) is 9.97 Å². The van der Waals surface area contributed by atoms with Gasteiger partial charge in [0.25, 0.3) is 5.56 Å². The van der Waals surface area contributed by atoms with Gasteiger partial charge in [-0.1, -0.05) is 54.1 Å². The van der Waals surface area contributed by atoms with Gasteiger partial charge in [-0.15, -0.1) is 11.3 Å². The van der Waals surface area contributed by atoms with Gasteiger partial charge in [0.15, 0.2) is 5.43 Å². The van der Waals surface area contributed by atoms with E-state index in [4.69, 9.17) is 11.6 Å². The minimum absolute atomic E-state index is 0.177. The fourth-order valence-corrected chi connectivity index (χ4v) is 5.83. The third kappa shape index (κ3) is 3.91. The molecule has 4 aromatic heterocycles. The van der Waals surface area contributed by atoms with Crippen molar-refractivity contribution in [2.75, 3.05) is 5.32 Å². The first kappa shape index (κ1) is 23.1. The maximum atomic E-state index is 14.2. The number of hydrogen-bond donors (Lipinski definition) is 2. The molecule has 0 aliphatic carbocycles. The summed E-state index contributed by atoms with van der Waals surface area (Å²) in [4.78, 5) is 39.3. The van der Waals surface area contributed by atoms with Gasteiger partial charge in [0.2, 0.25) is 0 Å². The van der Waals surface area contributed by atoms with Crippen molar-refractivity contribution in [2.24, 2.45) is 0 Å². The average Bonchev–Trinajstić information content (AvgIpc) is 3.46. The molecule has 0 unspecified atom stereocenters. The summed E-state index contributed by atoms with van der Waals surface area (Å²) in [7, 11) is 0. The molecule has 0 amide bonds. The summed E-state index contributed by atoms with van der Waals surface area (Å²) < 4.78 is 1.65. The van der Waals surface area contributed by atoms with Crippen LogP contribution >= 0.6 is 22.9 Å². The lowest BCUT2D eigenvalue weighted by molar-refractivity contribution is 0.774. The number of aromatic amines is 1. The Morgan fingerprint density at radius 1 is 0.973 bits per heavy atom. The lowest BCUT2D eigenvalue weighted by Gasteiger charge is -2.24. The number of thiophene rings is 1. The fraction of sp³-hybridized carbons (Fsp3) is 0.0714. The van der Waals surface area contributed by atoms with Gasteiger partial charge in [-0.3, -0.25) is 14.2 Å². The van der Waals surface area contributed by atoms with Gasteiger partial charge in [0, 0.05) is 33.8 Å². The number of hydrogen-bond acceptors (Lipinski definition) is 6. The molecule has 6 aromatic rings. The number of aromatic nitrogens is 4. The molecule has 2 N–H and O–H groups in total. The minimum atomic E-state index is -0.493. The Bertz CT molecular complexity index is 1880. The fourth-order valence-electron chi connectivity index (χ4n) is 4.67. The molecular weight excluding hydrogens is 506 g/mol. The number of halogens is 1. The van der Waals surface area contributed by atoms with E-state index in [1.54, 1.807) is 22.1 Å². The maximum absolute atomic E-state index is 14.2. The summed E-state index contributed by atoms with van der Waals surface area (Å²) in [5.74, 6) is 0.356. The number of nitrogens with zero attached hydrogens (tertiary/aromatic N) is 3. The molecule has 0 aliphatic heterocycles. The number of benzene rings is 2. The van der Waals surface area contributed by atoms with Crippen LogP contribution in [0.1, 0.15) is 18.7 Å². The molecule has 0 saturated heterocycles. The van der Waals surface area contributed by atoms with Crippen LogP contribution in [0.5, 0.6) is 0 Å². The Morgan fingerprint density at radius 2 is 1.81 bits per heavy atom. The van der Waals surface area contributed by atoms with Crippen molar-refractivity contribution >= 4 is 50.6 Å². The van der Waals surface area contributed by atoms with E-state index in [0.717, 1.165) is 10.4 Å². The first-order valence-corrected chi connectivity index (χ1v) is 12.9. The second-order valence-electron chi connectivity index (χ2n) is 8.53. The van der Waals surface area contributed by atoms with Crippen molar-refractivity contribution in [2.45, 2.75) is 13.0 Å². The monoisotopic (exact) mass is 525 g/mol. The van der Waals surface area contributed by atoms with E-state index in [0.29, 0.717) is 44.0 Å². The zero-order chi connectivity index (χ0) is 25.5. The smallest absolute Gasteiger partial charge is 0.264 e. The van der Waals surface area contributed by atoms with Gasteiger partial charge >= 0.3 is 0 Å². The molecule has 0 fully saturated rings. The second-order valence-corrected chi connectivity index (χ2v) is 9.86. The predicted molar refractivity (Wildman–Crippen MR) is 150 cm³/mol. The van der Waals surface area contributed by atoms with Gasteiger partial charge in [0.05, 0.1) is 22.1 Å². The van der Waals surface area contributed by atoms with Gasteiger partial charge in [-0.2, -0.15) is 0 Å². The lowest BCUT2D eigenvalue weighted by atomic mass is 10.0. The van der Waals surface area contributed by atoms with Crippen molar-refractivity contribution < 1.29 is 0 Å². The Hall–Kier alpha value is -4.27. The molecule has 182 valence electrons. The largest absolute Gasteiger partial charge is 0.361 e. The van der Waals surface area contributed by atoms with E-state index >= 15 is 0 Å². The summed E-state index contributed by atoms with van der Waals surface area (Å²) in [5, 5.41) is 7.30. The number of fused-ring (bicyclic) bond motifs is 2. The van der Waals surface area contributed by atoms with Crippen LogP contribution in [0.15, 0.2) is 94.2 Å². The molecule has 37 heavy (non-hydrogen) atoms. The zero-order valence-electron chi connectivity index (χ0n) is 19.6. The molecule has 0 aliphatic rings. The van der Waals surface area contributed by atoms with Crippen molar-refractivity contribution in [1.29, 1.82) is 0 Å². The topological polar surface area (TPSA) is 92.7 Å². The zero-order valence-corrected chi connectivity index (χ0v) is 21.2. The Kier molecular flexibility index (Phi) is 5.82. The number of para-hydroxylation sites is 1. The minimum Gasteiger partial charge on any atom is -0.361 e. The normalized spacial score (nSPS) is 12.2. The molecule has 0 radical (unpaired) electrons. The molecule has 4 heterocycles. The van der Waals surface area contributed by atoms with Crippen molar-refractivity contribution in [1.82, 2.24) is 19.5 Å². The summed E-state index contributed by atoms with van der Waals surface area (Å²) in [6.07, 6.45) is 2.93. The highest BCUT2D eigenvalue weighted by Crippen LogP contribution is 2.37. The quantitative estimate of drug-likeness (QED) is 0.280. The summed E-state index contributed by atoms with van der Waals surface area (Å²) >= 11 is 8.69. The highest BCUT2D eigenvalue weighted by Gasteiger charge is 2.24. The van der Waals surface area contributed by atoms with E-state index in [1.807, 2.05) is 73.0 Å². The van der Waals surface area contributed by atoms with Crippen LogP contribution in [-0.2, 0) is 0 Å². The molecule has 0 bridgehead atoms. The third-order valence-corrected chi connectivity index (χ3v) is 7.60. The maximum Gasteiger partial charge on any atom is 0.264 e. The number of pyridine rings is 2. The number of H-pyrrole nitrogens is 1. The molecule has 2 aromatic carbocycles. The Labute approximate surface area is 220 Å². The molecule has 6 rings (SSSR count). The van der Waals surface area contributed by atoms with Crippen molar-refractivity contribution in [3.05, 3.63) is 116 Å². The number of rotatable bonds is 5. The van der Waals surface area contributed by atoms with Crippen molar-refractivity contribution in [3.8, 4) is 16.1 Å². The van der Waals surface area contributed by atoms with Gasteiger partial charge < -0.3 is 10.3 Å².